The highest BCUT2D eigenvalue weighted by Crippen LogP contribution is 2.22. The molecule has 0 saturated carbocycles. The summed E-state index contributed by atoms with van der Waals surface area (Å²) < 4.78 is 5.79. The van der Waals surface area contributed by atoms with E-state index in [1.54, 1.807) is 6.21 Å². The minimum Gasteiger partial charge on any atom is -0.489 e. The van der Waals surface area contributed by atoms with Crippen LogP contribution >= 0.6 is 0 Å². The van der Waals surface area contributed by atoms with Gasteiger partial charge >= 0.3 is 0 Å². The number of nitrogens with zero attached hydrogens (tertiary/aromatic N) is 1. The van der Waals surface area contributed by atoms with Crippen molar-refractivity contribution in [3.63, 3.8) is 0 Å². The third-order valence-corrected chi connectivity index (χ3v) is 4.87. The predicted octanol–water partition coefficient (Wildman–Crippen LogP) is 5.49. The summed E-state index contributed by atoms with van der Waals surface area (Å²) in [5.41, 5.74) is 6.20. The summed E-state index contributed by atoms with van der Waals surface area (Å²) in [6.45, 7) is 2.45. The van der Waals surface area contributed by atoms with Gasteiger partial charge in [0.15, 0.2) is 0 Å². The zero-order chi connectivity index (χ0) is 20.8. The van der Waals surface area contributed by atoms with Gasteiger partial charge in [-0.05, 0) is 58.7 Å². The van der Waals surface area contributed by atoms with Crippen molar-refractivity contribution in [2.45, 2.75) is 13.5 Å². The molecular formula is C26H22N2O2. The van der Waals surface area contributed by atoms with Crippen molar-refractivity contribution in [2.75, 3.05) is 0 Å². The summed E-state index contributed by atoms with van der Waals surface area (Å²) >= 11 is 0. The number of fused-ring (bicyclic) bond motifs is 1. The number of nitrogens with one attached hydrogen (secondary N) is 1. The molecule has 0 unspecified atom stereocenters. The smallest absolute Gasteiger partial charge is 0.272 e. The van der Waals surface area contributed by atoms with E-state index in [0.717, 1.165) is 33.2 Å². The van der Waals surface area contributed by atoms with Gasteiger partial charge in [0.2, 0.25) is 0 Å². The molecule has 1 N–H and O–H groups in total. The second-order valence-corrected chi connectivity index (χ2v) is 7.02. The minimum absolute atomic E-state index is 0.219. The summed E-state index contributed by atoms with van der Waals surface area (Å²) in [7, 11) is 0. The number of hydrazone groups is 1. The van der Waals surface area contributed by atoms with Crippen LogP contribution in [0.15, 0.2) is 96.1 Å². The van der Waals surface area contributed by atoms with Gasteiger partial charge in [0.05, 0.1) is 11.8 Å². The molecule has 0 radical (unpaired) electrons. The van der Waals surface area contributed by atoms with Crippen LogP contribution in [0.4, 0.5) is 0 Å². The molecule has 0 saturated heterocycles. The highest BCUT2D eigenvalue weighted by atomic mass is 16.5. The van der Waals surface area contributed by atoms with Crippen LogP contribution in [0.3, 0.4) is 0 Å². The molecule has 1 amide bonds. The van der Waals surface area contributed by atoms with Crippen molar-refractivity contribution in [1.29, 1.82) is 0 Å². The molecular weight excluding hydrogens is 372 g/mol. The van der Waals surface area contributed by atoms with E-state index in [9.17, 15) is 4.79 Å². The van der Waals surface area contributed by atoms with Gasteiger partial charge in [-0.2, -0.15) is 5.10 Å². The Kier molecular flexibility index (Phi) is 5.85. The van der Waals surface area contributed by atoms with Crippen LogP contribution in [0.1, 0.15) is 27.0 Å². The zero-order valence-corrected chi connectivity index (χ0v) is 16.7. The maximum atomic E-state index is 12.7. The fourth-order valence-electron chi connectivity index (χ4n) is 3.29. The van der Waals surface area contributed by atoms with Gasteiger partial charge in [-0.3, -0.25) is 4.79 Å². The Balaban J connectivity index is 1.39. The molecule has 0 spiro atoms. The molecule has 148 valence electrons. The number of hydrogen-bond donors (Lipinski definition) is 1. The van der Waals surface area contributed by atoms with Crippen molar-refractivity contribution >= 4 is 22.9 Å². The first-order valence-corrected chi connectivity index (χ1v) is 9.79. The lowest BCUT2D eigenvalue weighted by atomic mass is 9.99. The molecule has 0 aromatic heterocycles. The molecule has 4 aromatic carbocycles. The van der Waals surface area contributed by atoms with Crippen molar-refractivity contribution in [3.05, 3.63) is 113 Å². The monoisotopic (exact) mass is 394 g/mol. The lowest BCUT2D eigenvalue weighted by Crippen LogP contribution is -2.19. The molecule has 30 heavy (non-hydrogen) atoms. The van der Waals surface area contributed by atoms with Crippen molar-refractivity contribution < 1.29 is 9.53 Å². The van der Waals surface area contributed by atoms with E-state index < -0.39 is 0 Å². The topological polar surface area (TPSA) is 50.7 Å². The van der Waals surface area contributed by atoms with Gasteiger partial charge < -0.3 is 4.74 Å². The van der Waals surface area contributed by atoms with E-state index >= 15 is 0 Å². The Labute approximate surface area is 175 Å². The van der Waals surface area contributed by atoms with Crippen LogP contribution in [0, 0.1) is 6.92 Å². The molecule has 0 aliphatic heterocycles. The molecule has 0 atom stereocenters. The normalized spacial score (nSPS) is 11.0. The van der Waals surface area contributed by atoms with Crippen LogP contribution in [-0.4, -0.2) is 12.1 Å². The third-order valence-electron chi connectivity index (χ3n) is 4.87. The van der Waals surface area contributed by atoms with Crippen molar-refractivity contribution in [2.24, 2.45) is 5.10 Å². The fraction of sp³-hybridized carbons (Fsp3) is 0.0769. The first kappa shape index (κ1) is 19.4. The van der Waals surface area contributed by atoms with Crippen LogP contribution in [0.25, 0.3) is 10.8 Å². The van der Waals surface area contributed by atoms with Crippen LogP contribution in [0.5, 0.6) is 5.75 Å². The van der Waals surface area contributed by atoms with Gasteiger partial charge in [0, 0.05) is 0 Å². The van der Waals surface area contributed by atoms with E-state index in [-0.39, 0.29) is 5.91 Å². The summed E-state index contributed by atoms with van der Waals surface area (Å²) in [5, 5.41) is 6.08. The molecule has 0 bridgehead atoms. The van der Waals surface area contributed by atoms with Crippen molar-refractivity contribution in [1.82, 2.24) is 5.43 Å². The zero-order valence-electron chi connectivity index (χ0n) is 16.7. The Morgan fingerprint density at radius 1 is 0.900 bits per heavy atom. The average molecular weight is 394 g/mol. The first-order valence-electron chi connectivity index (χ1n) is 9.79. The van der Waals surface area contributed by atoms with Crippen LogP contribution in [-0.2, 0) is 6.61 Å². The van der Waals surface area contributed by atoms with E-state index in [2.05, 4.69) is 10.5 Å². The maximum absolute atomic E-state index is 12.7. The van der Waals surface area contributed by atoms with Gasteiger partial charge in [0.25, 0.3) is 5.91 Å². The molecule has 4 aromatic rings. The number of carbonyl (C=O) groups excluding carboxylic acids is 1. The molecule has 0 heterocycles. The van der Waals surface area contributed by atoms with Crippen molar-refractivity contribution in [3.8, 4) is 5.75 Å². The summed E-state index contributed by atoms with van der Waals surface area (Å²) in [5.74, 6) is 0.565. The molecule has 0 aliphatic rings. The number of benzene rings is 4. The first-order chi connectivity index (χ1) is 14.7. The Morgan fingerprint density at radius 3 is 2.43 bits per heavy atom. The van der Waals surface area contributed by atoms with E-state index in [1.165, 1.54) is 0 Å². The number of carbonyl (C=O) groups is 1. The van der Waals surface area contributed by atoms with Gasteiger partial charge in [-0.15, -0.1) is 0 Å². The number of aryl methyl sites for hydroxylation is 1. The molecule has 0 aliphatic carbocycles. The molecule has 4 nitrogen and oxygen atoms in total. The quantitative estimate of drug-likeness (QED) is 0.347. The van der Waals surface area contributed by atoms with Gasteiger partial charge in [0.1, 0.15) is 12.4 Å². The number of rotatable bonds is 6. The second-order valence-electron chi connectivity index (χ2n) is 7.02. The van der Waals surface area contributed by atoms with Crippen LogP contribution in [0.2, 0.25) is 0 Å². The minimum atomic E-state index is -0.219. The van der Waals surface area contributed by atoms with E-state index in [1.807, 2.05) is 97.9 Å². The standard InChI is InChI=1S/C26H22N2O2/c1-19-11-14-22-9-5-6-10-24(22)25(19)26(29)28-27-17-20-12-15-23(16-13-20)30-18-21-7-3-2-4-8-21/h2-17H,18H2,1H3,(H,28,29)/b27-17-. The Morgan fingerprint density at radius 2 is 1.63 bits per heavy atom. The molecule has 4 rings (SSSR count). The largest absolute Gasteiger partial charge is 0.489 e. The Hall–Kier alpha value is -3.92. The predicted molar refractivity (Wildman–Crippen MR) is 121 cm³/mol. The lowest BCUT2D eigenvalue weighted by Gasteiger charge is -2.08. The van der Waals surface area contributed by atoms with E-state index in [0.29, 0.717) is 12.2 Å². The summed E-state index contributed by atoms with van der Waals surface area (Å²) in [6.07, 6.45) is 1.62. The summed E-state index contributed by atoms with van der Waals surface area (Å²) in [4.78, 5) is 12.7. The fourth-order valence-corrected chi connectivity index (χ4v) is 3.29. The lowest BCUT2D eigenvalue weighted by molar-refractivity contribution is 0.0956. The highest BCUT2D eigenvalue weighted by Gasteiger charge is 2.12. The third kappa shape index (κ3) is 4.55. The van der Waals surface area contributed by atoms with E-state index in [4.69, 9.17) is 4.74 Å². The molecule has 0 fully saturated rings. The molecule has 4 heteroatoms. The maximum Gasteiger partial charge on any atom is 0.272 e. The Bertz CT molecular complexity index is 1180. The number of hydrogen-bond acceptors (Lipinski definition) is 3. The highest BCUT2D eigenvalue weighted by molar-refractivity contribution is 6.08. The number of ether oxygens (including phenoxy) is 1. The SMILES string of the molecule is Cc1ccc2ccccc2c1C(=O)N/N=C\c1ccc(OCc2ccccc2)cc1. The number of amides is 1. The average Bonchev–Trinajstić information content (AvgIpc) is 2.79. The summed E-state index contributed by atoms with van der Waals surface area (Å²) in [6, 6.07) is 29.4. The van der Waals surface area contributed by atoms with Gasteiger partial charge in [-0.1, -0.05) is 66.7 Å². The second kappa shape index (κ2) is 9.05. The van der Waals surface area contributed by atoms with Gasteiger partial charge in [-0.25, -0.2) is 5.43 Å². The van der Waals surface area contributed by atoms with Crippen LogP contribution < -0.4 is 10.2 Å².